The van der Waals surface area contributed by atoms with E-state index in [0.717, 1.165) is 36.3 Å². The van der Waals surface area contributed by atoms with Gasteiger partial charge in [0.15, 0.2) is 5.78 Å². The SMILES string of the molecule is CCC1CCCCN1c1ccn2c(=O)n(CC(=O)c3ccc(Cl)cc3)nc2n1. The van der Waals surface area contributed by atoms with Gasteiger partial charge in [-0.05, 0) is 56.0 Å². The van der Waals surface area contributed by atoms with Crippen molar-refractivity contribution in [2.45, 2.75) is 45.2 Å². The summed E-state index contributed by atoms with van der Waals surface area (Å²) in [4.78, 5) is 32.0. The third kappa shape index (κ3) is 3.54. The number of hydrogen-bond acceptors (Lipinski definition) is 5. The molecule has 0 bridgehead atoms. The first-order valence-electron chi connectivity index (χ1n) is 9.58. The van der Waals surface area contributed by atoms with Crippen molar-refractivity contribution in [1.29, 1.82) is 0 Å². The number of aromatic nitrogens is 4. The van der Waals surface area contributed by atoms with Crippen molar-refractivity contribution in [3.8, 4) is 0 Å². The number of nitrogens with zero attached hydrogens (tertiary/aromatic N) is 5. The fraction of sp³-hybridized carbons (Fsp3) is 0.400. The Kier molecular flexibility index (Phi) is 5.17. The molecule has 1 atom stereocenters. The van der Waals surface area contributed by atoms with Gasteiger partial charge in [-0.3, -0.25) is 4.79 Å². The Bertz CT molecular complexity index is 1060. The zero-order valence-corrected chi connectivity index (χ0v) is 16.5. The molecule has 0 amide bonds. The largest absolute Gasteiger partial charge is 0.353 e. The van der Waals surface area contributed by atoms with Crippen LogP contribution < -0.4 is 10.6 Å². The number of hydrogen-bond donors (Lipinski definition) is 0. The highest BCUT2D eigenvalue weighted by Crippen LogP contribution is 2.24. The number of Topliss-reactive ketones (excluding diaryl/α,β-unsaturated/α-hetero) is 1. The number of ketones is 1. The lowest BCUT2D eigenvalue weighted by Gasteiger charge is -2.36. The molecule has 0 radical (unpaired) electrons. The predicted octanol–water partition coefficient (Wildman–Crippen LogP) is 3.20. The molecule has 1 fully saturated rings. The van der Waals surface area contributed by atoms with Crippen LogP contribution in [0.4, 0.5) is 5.82 Å². The van der Waals surface area contributed by atoms with Crippen LogP contribution in [-0.4, -0.2) is 37.5 Å². The van der Waals surface area contributed by atoms with Crippen molar-refractivity contribution in [1.82, 2.24) is 19.2 Å². The van der Waals surface area contributed by atoms with E-state index < -0.39 is 0 Å². The molecule has 8 heteroatoms. The summed E-state index contributed by atoms with van der Waals surface area (Å²) < 4.78 is 2.54. The maximum atomic E-state index is 12.6. The van der Waals surface area contributed by atoms with Gasteiger partial charge in [-0.1, -0.05) is 18.5 Å². The summed E-state index contributed by atoms with van der Waals surface area (Å²) in [7, 11) is 0. The highest BCUT2D eigenvalue weighted by Gasteiger charge is 2.23. The molecule has 0 N–H and O–H groups in total. The zero-order valence-electron chi connectivity index (χ0n) is 15.7. The Balaban J connectivity index is 1.62. The summed E-state index contributed by atoms with van der Waals surface area (Å²) in [6.45, 7) is 3.01. The molecule has 0 aliphatic carbocycles. The van der Waals surface area contributed by atoms with E-state index in [-0.39, 0.29) is 18.0 Å². The maximum absolute atomic E-state index is 12.6. The van der Waals surface area contributed by atoms with Gasteiger partial charge in [0.1, 0.15) is 12.4 Å². The van der Waals surface area contributed by atoms with E-state index >= 15 is 0 Å². The minimum Gasteiger partial charge on any atom is -0.353 e. The topological polar surface area (TPSA) is 72.5 Å². The van der Waals surface area contributed by atoms with Crippen molar-refractivity contribution < 1.29 is 4.79 Å². The quantitative estimate of drug-likeness (QED) is 0.616. The summed E-state index contributed by atoms with van der Waals surface area (Å²) in [5, 5.41) is 4.84. The number of fused-ring (bicyclic) bond motifs is 1. The van der Waals surface area contributed by atoms with Crippen LogP contribution in [0.2, 0.25) is 5.02 Å². The van der Waals surface area contributed by atoms with Crippen molar-refractivity contribution in [3.63, 3.8) is 0 Å². The molecular weight excluding hydrogens is 378 g/mol. The maximum Gasteiger partial charge on any atom is 0.352 e. The highest BCUT2D eigenvalue weighted by atomic mass is 35.5. The molecule has 146 valence electrons. The summed E-state index contributed by atoms with van der Waals surface area (Å²) in [6.07, 6.45) is 6.28. The van der Waals surface area contributed by atoms with Gasteiger partial charge in [0.2, 0.25) is 0 Å². The van der Waals surface area contributed by atoms with Crippen LogP contribution in [0.3, 0.4) is 0 Å². The van der Waals surface area contributed by atoms with Crippen LogP contribution >= 0.6 is 11.6 Å². The standard InChI is InChI=1S/C20H22ClN5O2/c1-2-16-5-3-4-11-24(16)18-10-12-25-19(22-18)23-26(20(25)28)13-17(27)14-6-8-15(21)9-7-14/h6-10,12,16H,2-5,11,13H2,1H3. The summed E-state index contributed by atoms with van der Waals surface area (Å²) in [5.74, 6) is 0.941. The Morgan fingerprint density at radius 3 is 2.75 bits per heavy atom. The smallest absolute Gasteiger partial charge is 0.352 e. The summed E-state index contributed by atoms with van der Waals surface area (Å²) >= 11 is 5.86. The van der Waals surface area contributed by atoms with E-state index in [1.165, 1.54) is 10.8 Å². The molecule has 3 heterocycles. The van der Waals surface area contributed by atoms with Crippen molar-refractivity contribution in [3.05, 3.63) is 57.6 Å². The van der Waals surface area contributed by atoms with Gasteiger partial charge in [-0.15, -0.1) is 5.10 Å². The average molecular weight is 400 g/mol. The van der Waals surface area contributed by atoms with Gasteiger partial charge in [0.25, 0.3) is 5.78 Å². The second-order valence-electron chi connectivity index (χ2n) is 7.08. The fourth-order valence-electron chi connectivity index (χ4n) is 3.75. The van der Waals surface area contributed by atoms with E-state index in [2.05, 4.69) is 21.9 Å². The van der Waals surface area contributed by atoms with Crippen LogP contribution in [0.15, 0.2) is 41.3 Å². The minimum absolute atomic E-state index is 0.138. The van der Waals surface area contributed by atoms with Gasteiger partial charge >= 0.3 is 5.69 Å². The Morgan fingerprint density at radius 2 is 2.00 bits per heavy atom. The van der Waals surface area contributed by atoms with Crippen LogP contribution in [0.5, 0.6) is 0 Å². The molecular formula is C20H22ClN5O2. The van der Waals surface area contributed by atoms with Crippen molar-refractivity contribution >= 4 is 29.0 Å². The molecule has 7 nitrogen and oxygen atoms in total. The van der Waals surface area contributed by atoms with E-state index in [0.29, 0.717) is 22.4 Å². The van der Waals surface area contributed by atoms with Crippen molar-refractivity contribution in [2.75, 3.05) is 11.4 Å². The fourth-order valence-corrected chi connectivity index (χ4v) is 3.88. The molecule has 28 heavy (non-hydrogen) atoms. The molecule has 1 aliphatic rings. The van der Waals surface area contributed by atoms with E-state index in [1.807, 2.05) is 6.07 Å². The van der Waals surface area contributed by atoms with Crippen LogP contribution in [0.1, 0.15) is 43.0 Å². The molecule has 1 unspecified atom stereocenters. The number of benzene rings is 1. The van der Waals surface area contributed by atoms with Crippen LogP contribution in [0.25, 0.3) is 5.78 Å². The Morgan fingerprint density at radius 1 is 1.21 bits per heavy atom. The number of rotatable bonds is 5. The number of halogens is 1. The van der Waals surface area contributed by atoms with Gasteiger partial charge in [0.05, 0.1) is 0 Å². The first-order valence-corrected chi connectivity index (χ1v) is 9.96. The summed E-state index contributed by atoms with van der Waals surface area (Å²) in [5.41, 5.74) is 0.114. The third-order valence-corrected chi connectivity index (χ3v) is 5.54. The molecule has 3 aromatic rings. The van der Waals surface area contributed by atoms with Crippen molar-refractivity contribution in [2.24, 2.45) is 0 Å². The van der Waals surface area contributed by atoms with E-state index in [4.69, 9.17) is 11.6 Å². The van der Waals surface area contributed by atoms with Gasteiger partial charge in [-0.2, -0.15) is 4.98 Å². The first kappa shape index (κ1) is 18.7. The van der Waals surface area contributed by atoms with E-state index in [1.54, 1.807) is 30.5 Å². The third-order valence-electron chi connectivity index (χ3n) is 5.29. The normalized spacial score (nSPS) is 17.2. The summed E-state index contributed by atoms with van der Waals surface area (Å²) in [6, 6.07) is 8.90. The van der Waals surface area contributed by atoms with Crippen LogP contribution in [-0.2, 0) is 6.54 Å². The molecule has 1 aliphatic heterocycles. The minimum atomic E-state index is -0.373. The average Bonchev–Trinajstić information content (AvgIpc) is 3.03. The number of carbonyl (C=O) groups excluding carboxylic acids is 1. The zero-order chi connectivity index (χ0) is 19.7. The second kappa shape index (κ2) is 7.75. The lowest BCUT2D eigenvalue weighted by molar-refractivity contribution is 0.0966. The molecule has 0 spiro atoms. The lowest BCUT2D eigenvalue weighted by Crippen LogP contribution is -2.39. The molecule has 1 aromatic carbocycles. The molecule has 2 aromatic heterocycles. The first-order chi connectivity index (χ1) is 13.6. The molecule has 4 rings (SSSR count). The van der Waals surface area contributed by atoms with Gasteiger partial charge < -0.3 is 4.90 Å². The Hall–Kier alpha value is -2.67. The second-order valence-corrected chi connectivity index (χ2v) is 7.51. The monoisotopic (exact) mass is 399 g/mol. The number of anilines is 1. The van der Waals surface area contributed by atoms with Crippen LogP contribution in [0, 0.1) is 0 Å². The van der Waals surface area contributed by atoms with Gasteiger partial charge in [-0.25, -0.2) is 13.9 Å². The highest BCUT2D eigenvalue weighted by molar-refractivity contribution is 6.30. The lowest BCUT2D eigenvalue weighted by atomic mass is 10.0. The number of piperidine rings is 1. The number of carbonyl (C=O) groups is 1. The predicted molar refractivity (Wildman–Crippen MR) is 108 cm³/mol. The van der Waals surface area contributed by atoms with Gasteiger partial charge in [0, 0.05) is 29.4 Å². The molecule has 0 saturated carbocycles. The molecule has 1 saturated heterocycles. The Labute approximate surface area is 167 Å². The van der Waals surface area contributed by atoms with E-state index in [9.17, 15) is 9.59 Å².